The zero-order chi connectivity index (χ0) is 12.1. The van der Waals surface area contributed by atoms with Crippen molar-refractivity contribution in [3.63, 3.8) is 0 Å². The fraction of sp³-hybridized carbons (Fsp3) is 0.923. The van der Waals surface area contributed by atoms with Gasteiger partial charge in [0.05, 0.1) is 0 Å². The Kier molecular flexibility index (Phi) is 4.66. The molecular weight excluding hydrogens is 214 g/mol. The second kappa shape index (κ2) is 6.24. The first kappa shape index (κ1) is 12.7. The number of nitrogens with zero attached hydrogens (tertiary/aromatic N) is 1. The summed E-state index contributed by atoms with van der Waals surface area (Å²) in [7, 11) is 0. The maximum Gasteiger partial charge on any atom is 0.317 e. The van der Waals surface area contributed by atoms with E-state index in [1.807, 2.05) is 0 Å². The molecule has 0 radical (unpaired) electrons. The van der Waals surface area contributed by atoms with Crippen molar-refractivity contribution in [2.45, 2.75) is 57.5 Å². The minimum Gasteiger partial charge on any atom is -0.335 e. The molecule has 2 N–H and O–H groups in total. The lowest BCUT2D eigenvalue weighted by molar-refractivity contribution is 0.150. The fourth-order valence-corrected chi connectivity index (χ4v) is 2.62. The summed E-state index contributed by atoms with van der Waals surface area (Å²) in [6.07, 6.45) is 6.83. The number of nitrogens with one attached hydrogen (secondary N) is 2. The van der Waals surface area contributed by atoms with Crippen molar-refractivity contribution >= 4 is 6.03 Å². The highest BCUT2D eigenvalue weighted by Gasteiger charge is 2.27. The van der Waals surface area contributed by atoms with Gasteiger partial charge in [-0.15, -0.1) is 0 Å². The summed E-state index contributed by atoms with van der Waals surface area (Å²) in [5.74, 6) is 0. The summed E-state index contributed by atoms with van der Waals surface area (Å²) < 4.78 is 0. The van der Waals surface area contributed by atoms with E-state index in [4.69, 9.17) is 0 Å². The number of piperidine rings is 1. The summed E-state index contributed by atoms with van der Waals surface area (Å²) in [6.45, 7) is 5.12. The van der Waals surface area contributed by atoms with Gasteiger partial charge in [-0.1, -0.05) is 6.92 Å². The van der Waals surface area contributed by atoms with Gasteiger partial charge in [0, 0.05) is 18.6 Å². The molecule has 0 aromatic carbocycles. The van der Waals surface area contributed by atoms with E-state index in [9.17, 15) is 4.79 Å². The van der Waals surface area contributed by atoms with Crippen LogP contribution in [0.5, 0.6) is 0 Å². The van der Waals surface area contributed by atoms with E-state index >= 15 is 0 Å². The number of carbonyl (C=O) groups is 1. The van der Waals surface area contributed by atoms with E-state index in [1.54, 1.807) is 0 Å². The van der Waals surface area contributed by atoms with E-state index in [0.717, 1.165) is 51.7 Å². The minimum atomic E-state index is 0.170. The van der Waals surface area contributed by atoms with Gasteiger partial charge in [0.1, 0.15) is 0 Å². The maximum atomic E-state index is 12.2. The number of urea groups is 1. The van der Waals surface area contributed by atoms with Crippen LogP contribution in [0.4, 0.5) is 4.79 Å². The molecule has 1 saturated carbocycles. The minimum absolute atomic E-state index is 0.170. The molecule has 4 heteroatoms. The standard InChI is InChI=1S/C13H25N3O/c1-2-10-16(12-6-8-14-9-7-12)13(17)15-11-4-3-5-11/h11-12,14H,2-10H2,1H3,(H,15,17). The smallest absolute Gasteiger partial charge is 0.317 e. The van der Waals surface area contributed by atoms with Crippen molar-refractivity contribution in [2.75, 3.05) is 19.6 Å². The molecule has 2 rings (SSSR count). The zero-order valence-electron chi connectivity index (χ0n) is 10.9. The van der Waals surface area contributed by atoms with Gasteiger partial charge in [-0.05, 0) is 51.6 Å². The van der Waals surface area contributed by atoms with Gasteiger partial charge >= 0.3 is 6.03 Å². The molecule has 0 unspecified atom stereocenters. The van der Waals surface area contributed by atoms with Gasteiger partial charge in [0.25, 0.3) is 0 Å². The van der Waals surface area contributed by atoms with Crippen LogP contribution < -0.4 is 10.6 Å². The van der Waals surface area contributed by atoms with Crippen molar-refractivity contribution in [1.29, 1.82) is 0 Å². The lowest BCUT2D eigenvalue weighted by atomic mass is 9.93. The molecule has 1 saturated heterocycles. The van der Waals surface area contributed by atoms with Crippen LogP contribution in [-0.2, 0) is 0 Å². The van der Waals surface area contributed by atoms with Crippen LogP contribution in [0.2, 0.25) is 0 Å². The van der Waals surface area contributed by atoms with Crippen LogP contribution in [0, 0.1) is 0 Å². The quantitative estimate of drug-likeness (QED) is 0.784. The van der Waals surface area contributed by atoms with Crippen molar-refractivity contribution in [3.05, 3.63) is 0 Å². The molecule has 2 amide bonds. The molecule has 98 valence electrons. The van der Waals surface area contributed by atoms with E-state index in [-0.39, 0.29) is 6.03 Å². The van der Waals surface area contributed by atoms with Gasteiger partial charge in [-0.25, -0.2) is 4.79 Å². The molecule has 1 heterocycles. The fourth-order valence-electron chi connectivity index (χ4n) is 2.62. The largest absolute Gasteiger partial charge is 0.335 e. The monoisotopic (exact) mass is 239 g/mol. The molecule has 4 nitrogen and oxygen atoms in total. The average Bonchev–Trinajstić information content (AvgIpc) is 2.31. The van der Waals surface area contributed by atoms with Gasteiger partial charge in [0.15, 0.2) is 0 Å². The third-order valence-electron chi connectivity index (χ3n) is 3.91. The van der Waals surface area contributed by atoms with Crippen molar-refractivity contribution < 1.29 is 4.79 Å². The molecule has 2 aliphatic rings. The van der Waals surface area contributed by atoms with Crippen molar-refractivity contribution in [2.24, 2.45) is 0 Å². The molecule has 0 atom stereocenters. The van der Waals surface area contributed by atoms with Crippen LogP contribution in [-0.4, -0.2) is 42.6 Å². The molecule has 0 spiro atoms. The van der Waals surface area contributed by atoms with Crippen molar-refractivity contribution in [1.82, 2.24) is 15.5 Å². The summed E-state index contributed by atoms with van der Waals surface area (Å²) >= 11 is 0. The lowest BCUT2D eigenvalue weighted by Crippen LogP contribution is -2.53. The molecule has 2 fully saturated rings. The Hall–Kier alpha value is -0.770. The Labute approximate surface area is 104 Å². The molecule has 0 aromatic heterocycles. The number of rotatable bonds is 4. The SMILES string of the molecule is CCCN(C(=O)NC1CCC1)C1CCNCC1. The van der Waals surface area contributed by atoms with Crippen LogP contribution in [0.25, 0.3) is 0 Å². The van der Waals surface area contributed by atoms with E-state index in [1.165, 1.54) is 6.42 Å². The predicted molar refractivity (Wildman–Crippen MR) is 69.1 cm³/mol. The van der Waals surface area contributed by atoms with Crippen LogP contribution >= 0.6 is 0 Å². The molecule has 0 aromatic rings. The van der Waals surface area contributed by atoms with E-state index in [0.29, 0.717) is 12.1 Å². The molecule has 1 aliphatic heterocycles. The van der Waals surface area contributed by atoms with Crippen LogP contribution in [0.15, 0.2) is 0 Å². The summed E-state index contributed by atoms with van der Waals surface area (Å²) in [5, 5.41) is 6.52. The topological polar surface area (TPSA) is 44.4 Å². The zero-order valence-corrected chi connectivity index (χ0v) is 10.9. The first-order valence-corrected chi connectivity index (χ1v) is 7.09. The third kappa shape index (κ3) is 3.35. The number of hydrogen-bond donors (Lipinski definition) is 2. The second-order valence-electron chi connectivity index (χ2n) is 5.25. The first-order chi connectivity index (χ1) is 8.31. The Morgan fingerprint density at radius 2 is 2.00 bits per heavy atom. The number of carbonyl (C=O) groups excluding carboxylic acids is 1. The van der Waals surface area contributed by atoms with E-state index < -0.39 is 0 Å². The van der Waals surface area contributed by atoms with Crippen molar-refractivity contribution in [3.8, 4) is 0 Å². The summed E-state index contributed by atoms with van der Waals surface area (Å²) in [4.78, 5) is 14.3. The van der Waals surface area contributed by atoms with E-state index in [2.05, 4.69) is 22.5 Å². The van der Waals surface area contributed by atoms with Gasteiger partial charge in [-0.3, -0.25) is 0 Å². The Morgan fingerprint density at radius 3 is 2.53 bits per heavy atom. The molecule has 17 heavy (non-hydrogen) atoms. The van der Waals surface area contributed by atoms with Crippen LogP contribution in [0.1, 0.15) is 45.4 Å². The third-order valence-corrected chi connectivity index (χ3v) is 3.91. The summed E-state index contributed by atoms with van der Waals surface area (Å²) in [6, 6.07) is 1.06. The molecule has 0 bridgehead atoms. The first-order valence-electron chi connectivity index (χ1n) is 7.09. The Balaban J connectivity index is 1.86. The number of amides is 2. The highest BCUT2D eigenvalue weighted by molar-refractivity contribution is 5.75. The highest BCUT2D eigenvalue weighted by Crippen LogP contribution is 2.19. The van der Waals surface area contributed by atoms with Gasteiger partial charge in [0.2, 0.25) is 0 Å². The van der Waals surface area contributed by atoms with Gasteiger partial charge in [-0.2, -0.15) is 0 Å². The average molecular weight is 239 g/mol. The summed E-state index contributed by atoms with van der Waals surface area (Å²) in [5.41, 5.74) is 0. The Morgan fingerprint density at radius 1 is 1.29 bits per heavy atom. The second-order valence-corrected chi connectivity index (χ2v) is 5.25. The van der Waals surface area contributed by atoms with Gasteiger partial charge < -0.3 is 15.5 Å². The number of hydrogen-bond acceptors (Lipinski definition) is 2. The Bertz CT molecular complexity index is 247. The lowest BCUT2D eigenvalue weighted by Gasteiger charge is -2.37. The van der Waals surface area contributed by atoms with Crippen LogP contribution in [0.3, 0.4) is 0 Å². The molecular formula is C13H25N3O. The highest BCUT2D eigenvalue weighted by atomic mass is 16.2. The normalized spacial score (nSPS) is 21.9. The molecule has 1 aliphatic carbocycles. The predicted octanol–water partition coefficient (Wildman–Crippen LogP) is 1.71. The maximum absolute atomic E-state index is 12.2.